The third-order valence-corrected chi connectivity index (χ3v) is 4.81. The van der Waals surface area contributed by atoms with E-state index in [1.165, 1.54) is 6.42 Å². The highest BCUT2D eigenvalue weighted by atomic mass is 35.5. The number of likely N-dealkylation sites (tertiary alicyclic amines) is 1. The predicted molar refractivity (Wildman–Crippen MR) is 95.4 cm³/mol. The summed E-state index contributed by atoms with van der Waals surface area (Å²) >= 11 is 6.13. The molecule has 1 heterocycles. The molecule has 3 atom stereocenters. The van der Waals surface area contributed by atoms with Crippen LogP contribution in [-0.2, 0) is 4.79 Å². The van der Waals surface area contributed by atoms with E-state index in [4.69, 9.17) is 16.3 Å². The third kappa shape index (κ3) is 4.31. The molecule has 2 rings (SSSR count). The SMILES string of the molecule is COc1cc(Cl)c(C)cc1N[C@H](C)C(=O)N1C[C@H](C)C[C@@H](C)C1. The van der Waals surface area contributed by atoms with Crippen molar-refractivity contribution in [3.63, 3.8) is 0 Å². The van der Waals surface area contributed by atoms with Gasteiger partial charge in [0.15, 0.2) is 0 Å². The molecule has 1 aromatic rings. The average Bonchev–Trinajstić information content (AvgIpc) is 2.48. The van der Waals surface area contributed by atoms with E-state index in [-0.39, 0.29) is 11.9 Å². The Morgan fingerprint density at radius 1 is 1.35 bits per heavy atom. The Bertz CT molecular complexity index is 566. The number of rotatable bonds is 4. The van der Waals surface area contributed by atoms with Crippen LogP contribution < -0.4 is 10.1 Å². The number of halogens is 1. The largest absolute Gasteiger partial charge is 0.495 e. The van der Waals surface area contributed by atoms with Gasteiger partial charge in [-0.05, 0) is 43.7 Å². The number of ether oxygens (including phenoxy) is 1. The van der Waals surface area contributed by atoms with Crippen LogP contribution in [0.2, 0.25) is 5.02 Å². The van der Waals surface area contributed by atoms with Crippen LogP contribution in [0.3, 0.4) is 0 Å². The minimum absolute atomic E-state index is 0.137. The van der Waals surface area contributed by atoms with E-state index in [2.05, 4.69) is 19.2 Å². The predicted octanol–water partition coefficient (Wildman–Crippen LogP) is 3.96. The van der Waals surface area contributed by atoms with Crippen molar-refractivity contribution in [1.29, 1.82) is 0 Å². The summed E-state index contributed by atoms with van der Waals surface area (Å²) in [5, 5.41) is 3.94. The van der Waals surface area contributed by atoms with Crippen LogP contribution in [0.1, 0.15) is 32.8 Å². The first-order valence-corrected chi connectivity index (χ1v) is 8.59. The molecule has 1 aliphatic rings. The molecule has 0 radical (unpaired) electrons. The van der Waals surface area contributed by atoms with Crippen molar-refractivity contribution < 1.29 is 9.53 Å². The number of anilines is 1. The molecule has 23 heavy (non-hydrogen) atoms. The van der Waals surface area contributed by atoms with Gasteiger partial charge in [0, 0.05) is 24.2 Å². The fourth-order valence-corrected chi connectivity index (χ4v) is 3.51. The van der Waals surface area contributed by atoms with Crippen LogP contribution in [0, 0.1) is 18.8 Å². The number of aryl methyl sites for hydroxylation is 1. The van der Waals surface area contributed by atoms with Crippen molar-refractivity contribution in [2.24, 2.45) is 11.8 Å². The number of methoxy groups -OCH3 is 1. The van der Waals surface area contributed by atoms with Crippen molar-refractivity contribution in [2.75, 3.05) is 25.5 Å². The molecule has 1 fully saturated rings. The molecule has 1 aliphatic heterocycles. The van der Waals surface area contributed by atoms with E-state index in [9.17, 15) is 4.79 Å². The Morgan fingerprint density at radius 3 is 2.52 bits per heavy atom. The molecular weight excluding hydrogens is 312 g/mol. The maximum absolute atomic E-state index is 12.7. The molecule has 128 valence electrons. The lowest BCUT2D eigenvalue weighted by molar-refractivity contribution is -0.134. The summed E-state index contributed by atoms with van der Waals surface area (Å²) in [5.41, 5.74) is 1.75. The molecule has 0 unspecified atom stereocenters. The van der Waals surface area contributed by atoms with Gasteiger partial charge in [0.1, 0.15) is 11.8 Å². The van der Waals surface area contributed by atoms with Crippen LogP contribution in [-0.4, -0.2) is 37.0 Å². The lowest BCUT2D eigenvalue weighted by Gasteiger charge is -2.36. The summed E-state index contributed by atoms with van der Waals surface area (Å²) in [6.07, 6.45) is 1.19. The molecule has 4 nitrogen and oxygen atoms in total. The molecule has 1 N–H and O–H groups in total. The van der Waals surface area contributed by atoms with E-state index < -0.39 is 0 Å². The second-order valence-corrected chi connectivity index (χ2v) is 7.26. The highest BCUT2D eigenvalue weighted by Gasteiger charge is 2.28. The quantitative estimate of drug-likeness (QED) is 0.903. The number of carbonyl (C=O) groups excluding carboxylic acids is 1. The van der Waals surface area contributed by atoms with Crippen molar-refractivity contribution in [3.05, 3.63) is 22.7 Å². The Hall–Kier alpha value is -1.42. The van der Waals surface area contributed by atoms with Gasteiger partial charge in [0.25, 0.3) is 0 Å². The fourth-order valence-electron chi connectivity index (χ4n) is 3.36. The summed E-state index contributed by atoms with van der Waals surface area (Å²) in [5.74, 6) is 1.91. The first-order chi connectivity index (χ1) is 10.8. The van der Waals surface area contributed by atoms with Gasteiger partial charge in [-0.2, -0.15) is 0 Å². The normalized spacial score (nSPS) is 22.6. The van der Waals surface area contributed by atoms with E-state index in [1.54, 1.807) is 13.2 Å². The van der Waals surface area contributed by atoms with Gasteiger partial charge >= 0.3 is 0 Å². The Kier molecular flexibility index (Phi) is 5.79. The van der Waals surface area contributed by atoms with Crippen molar-refractivity contribution in [1.82, 2.24) is 4.90 Å². The molecule has 0 bridgehead atoms. The Morgan fingerprint density at radius 2 is 1.96 bits per heavy atom. The number of hydrogen-bond donors (Lipinski definition) is 1. The molecule has 1 saturated heterocycles. The number of amides is 1. The zero-order chi connectivity index (χ0) is 17.1. The van der Waals surface area contributed by atoms with Crippen LogP contribution in [0.15, 0.2) is 12.1 Å². The summed E-state index contributed by atoms with van der Waals surface area (Å²) < 4.78 is 5.37. The molecular formula is C18H27ClN2O2. The molecule has 0 aromatic heterocycles. The lowest BCUT2D eigenvalue weighted by Crippen LogP contribution is -2.48. The molecule has 5 heteroatoms. The van der Waals surface area contributed by atoms with Gasteiger partial charge in [-0.1, -0.05) is 25.4 Å². The van der Waals surface area contributed by atoms with Gasteiger partial charge in [0.05, 0.1) is 12.8 Å². The highest BCUT2D eigenvalue weighted by Crippen LogP contribution is 2.31. The molecule has 0 saturated carbocycles. The minimum atomic E-state index is -0.304. The number of nitrogens with zero attached hydrogens (tertiary/aromatic N) is 1. The highest BCUT2D eigenvalue weighted by molar-refractivity contribution is 6.31. The van der Waals surface area contributed by atoms with Crippen LogP contribution in [0.5, 0.6) is 5.75 Å². The summed E-state index contributed by atoms with van der Waals surface area (Å²) in [4.78, 5) is 14.7. The van der Waals surface area contributed by atoms with Crippen LogP contribution in [0.4, 0.5) is 5.69 Å². The minimum Gasteiger partial charge on any atom is -0.495 e. The summed E-state index contributed by atoms with van der Waals surface area (Å²) in [7, 11) is 1.60. The van der Waals surface area contributed by atoms with Gasteiger partial charge in [-0.15, -0.1) is 0 Å². The monoisotopic (exact) mass is 338 g/mol. The van der Waals surface area contributed by atoms with Gasteiger partial charge < -0.3 is 15.0 Å². The van der Waals surface area contributed by atoms with Gasteiger partial charge in [0.2, 0.25) is 5.91 Å². The summed E-state index contributed by atoms with van der Waals surface area (Å²) in [6.45, 7) is 9.93. The third-order valence-electron chi connectivity index (χ3n) is 4.40. The number of nitrogens with one attached hydrogen (secondary N) is 1. The van der Waals surface area contributed by atoms with E-state index in [0.717, 1.165) is 24.3 Å². The molecule has 0 aliphatic carbocycles. The van der Waals surface area contributed by atoms with E-state index in [0.29, 0.717) is 22.6 Å². The number of piperidine rings is 1. The maximum atomic E-state index is 12.7. The fraction of sp³-hybridized carbons (Fsp3) is 0.611. The number of benzene rings is 1. The zero-order valence-electron chi connectivity index (χ0n) is 14.6. The standard InChI is InChI=1S/C18H27ClN2O2/c1-11-6-12(2)10-21(9-11)18(22)14(4)20-16-7-13(3)15(19)8-17(16)23-5/h7-8,11-12,14,20H,6,9-10H2,1-5H3/t11-,12-,14-/m1/s1. The lowest BCUT2D eigenvalue weighted by atomic mass is 9.91. The Labute approximate surface area is 144 Å². The van der Waals surface area contributed by atoms with Gasteiger partial charge in [-0.25, -0.2) is 0 Å². The smallest absolute Gasteiger partial charge is 0.244 e. The van der Waals surface area contributed by atoms with Crippen molar-refractivity contribution in [2.45, 2.75) is 40.2 Å². The van der Waals surface area contributed by atoms with Crippen molar-refractivity contribution >= 4 is 23.2 Å². The molecule has 1 aromatic carbocycles. The first-order valence-electron chi connectivity index (χ1n) is 8.21. The summed E-state index contributed by atoms with van der Waals surface area (Å²) in [6, 6.07) is 3.40. The second-order valence-electron chi connectivity index (χ2n) is 6.86. The van der Waals surface area contributed by atoms with Crippen LogP contribution >= 0.6 is 11.6 Å². The first kappa shape index (κ1) is 17.9. The van der Waals surface area contributed by atoms with E-state index in [1.807, 2.05) is 24.8 Å². The second kappa shape index (κ2) is 7.43. The number of hydrogen-bond acceptors (Lipinski definition) is 3. The average molecular weight is 339 g/mol. The maximum Gasteiger partial charge on any atom is 0.244 e. The molecule has 1 amide bonds. The van der Waals surface area contributed by atoms with E-state index >= 15 is 0 Å². The van der Waals surface area contributed by atoms with Crippen molar-refractivity contribution in [3.8, 4) is 5.75 Å². The molecule has 0 spiro atoms. The number of carbonyl (C=O) groups is 1. The topological polar surface area (TPSA) is 41.6 Å². The van der Waals surface area contributed by atoms with Gasteiger partial charge in [-0.3, -0.25) is 4.79 Å². The van der Waals surface area contributed by atoms with Crippen LogP contribution in [0.25, 0.3) is 0 Å². The zero-order valence-corrected chi connectivity index (χ0v) is 15.4. The Balaban J connectivity index is 2.10.